The van der Waals surface area contributed by atoms with Crippen LogP contribution in [-0.2, 0) is 4.79 Å². The van der Waals surface area contributed by atoms with Crippen molar-refractivity contribution in [3.05, 3.63) is 63.2 Å². The third-order valence-electron chi connectivity index (χ3n) is 4.47. The molecule has 0 spiro atoms. The number of amides is 2. The van der Waals surface area contributed by atoms with E-state index in [1.165, 1.54) is 18.2 Å². The minimum absolute atomic E-state index is 0.0166. The standard InChI is InChI=1S/C19H19N3O4/c1-12-10-14(5-7-17(12)22(25)26)19(24)20-15-6-8-16(13(2)11-15)21-9-3-4-18(21)23/h5-8,10-11H,3-4,9H2,1-2H3,(H,20,24). The molecular formula is C19H19N3O4. The van der Waals surface area contributed by atoms with Crippen LogP contribution in [0.4, 0.5) is 17.1 Å². The molecule has 7 nitrogen and oxygen atoms in total. The second-order valence-corrected chi connectivity index (χ2v) is 6.36. The van der Waals surface area contributed by atoms with Gasteiger partial charge in [-0.05, 0) is 56.2 Å². The number of anilines is 2. The summed E-state index contributed by atoms with van der Waals surface area (Å²) < 4.78 is 0. The minimum Gasteiger partial charge on any atom is -0.322 e. The highest BCUT2D eigenvalue weighted by Crippen LogP contribution is 2.28. The molecule has 0 unspecified atom stereocenters. The summed E-state index contributed by atoms with van der Waals surface area (Å²) in [6.07, 6.45) is 1.42. The van der Waals surface area contributed by atoms with Crippen LogP contribution in [0.1, 0.15) is 34.3 Å². The predicted octanol–water partition coefficient (Wildman–Crippen LogP) is 3.59. The maximum atomic E-state index is 12.4. The third kappa shape index (κ3) is 3.42. The lowest BCUT2D eigenvalue weighted by atomic mass is 10.1. The molecular weight excluding hydrogens is 334 g/mol. The van der Waals surface area contributed by atoms with Crippen LogP contribution in [0.5, 0.6) is 0 Å². The Morgan fingerprint density at radius 2 is 1.92 bits per heavy atom. The average Bonchev–Trinajstić information content (AvgIpc) is 3.00. The molecule has 2 amide bonds. The van der Waals surface area contributed by atoms with Crippen LogP contribution in [0.25, 0.3) is 0 Å². The quantitative estimate of drug-likeness (QED) is 0.671. The van der Waals surface area contributed by atoms with Crippen molar-refractivity contribution in [1.82, 2.24) is 0 Å². The number of hydrogen-bond donors (Lipinski definition) is 1. The number of carbonyl (C=O) groups is 2. The molecule has 1 saturated heterocycles. The monoisotopic (exact) mass is 353 g/mol. The van der Waals surface area contributed by atoms with Gasteiger partial charge in [-0.1, -0.05) is 0 Å². The van der Waals surface area contributed by atoms with Gasteiger partial charge in [0.15, 0.2) is 0 Å². The minimum atomic E-state index is -0.473. The highest BCUT2D eigenvalue weighted by atomic mass is 16.6. The number of rotatable bonds is 4. The normalized spacial score (nSPS) is 13.8. The summed E-state index contributed by atoms with van der Waals surface area (Å²) in [5.41, 5.74) is 3.14. The zero-order valence-electron chi connectivity index (χ0n) is 14.6. The molecule has 3 rings (SSSR count). The number of nitrogens with one attached hydrogen (secondary N) is 1. The molecule has 0 atom stereocenters. The lowest BCUT2D eigenvalue weighted by Gasteiger charge is -2.19. The molecule has 0 bridgehead atoms. The van der Waals surface area contributed by atoms with Crippen molar-refractivity contribution in [2.24, 2.45) is 0 Å². The SMILES string of the molecule is Cc1cc(NC(=O)c2ccc([N+](=O)[O-])c(C)c2)ccc1N1CCCC1=O. The fraction of sp³-hybridized carbons (Fsp3) is 0.263. The van der Waals surface area contributed by atoms with Crippen molar-refractivity contribution in [1.29, 1.82) is 0 Å². The maximum absolute atomic E-state index is 12.4. The highest BCUT2D eigenvalue weighted by Gasteiger charge is 2.23. The first-order chi connectivity index (χ1) is 12.4. The number of nitro groups is 1. The van der Waals surface area contributed by atoms with Gasteiger partial charge >= 0.3 is 0 Å². The van der Waals surface area contributed by atoms with Crippen molar-refractivity contribution in [2.75, 3.05) is 16.8 Å². The molecule has 1 fully saturated rings. The van der Waals surface area contributed by atoms with Crippen LogP contribution < -0.4 is 10.2 Å². The summed E-state index contributed by atoms with van der Waals surface area (Å²) >= 11 is 0. The van der Waals surface area contributed by atoms with Gasteiger partial charge in [0.2, 0.25) is 5.91 Å². The molecule has 1 N–H and O–H groups in total. The van der Waals surface area contributed by atoms with Gasteiger partial charge < -0.3 is 10.2 Å². The fourth-order valence-corrected chi connectivity index (χ4v) is 3.14. The van der Waals surface area contributed by atoms with Crippen LogP contribution in [0, 0.1) is 24.0 Å². The molecule has 0 aromatic heterocycles. The van der Waals surface area contributed by atoms with Crippen LogP contribution in [-0.4, -0.2) is 23.3 Å². The molecule has 1 aliphatic heterocycles. The van der Waals surface area contributed by atoms with Crippen molar-refractivity contribution in [3.63, 3.8) is 0 Å². The Morgan fingerprint density at radius 3 is 2.50 bits per heavy atom. The first kappa shape index (κ1) is 17.6. The van der Waals surface area contributed by atoms with Crippen molar-refractivity contribution >= 4 is 28.9 Å². The molecule has 7 heteroatoms. The highest BCUT2D eigenvalue weighted by molar-refractivity contribution is 6.05. The Hall–Kier alpha value is -3.22. The van der Waals surface area contributed by atoms with Crippen molar-refractivity contribution in [3.8, 4) is 0 Å². The zero-order chi connectivity index (χ0) is 18.8. The summed E-state index contributed by atoms with van der Waals surface area (Å²) in [5.74, 6) is -0.223. The molecule has 2 aromatic rings. The summed E-state index contributed by atoms with van der Waals surface area (Å²) in [7, 11) is 0. The Bertz CT molecular complexity index is 908. The lowest BCUT2D eigenvalue weighted by molar-refractivity contribution is -0.385. The van der Waals surface area contributed by atoms with Crippen LogP contribution in [0.15, 0.2) is 36.4 Å². The van der Waals surface area contributed by atoms with E-state index >= 15 is 0 Å². The molecule has 0 aliphatic carbocycles. The van der Waals surface area contributed by atoms with Gasteiger partial charge in [0, 0.05) is 41.5 Å². The smallest absolute Gasteiger partial charge is 0.272 e. The molecule has 0 radical (unpaired) electrons. The lowest BCUT2D eigenvalue weighted by Crippen LogP contribution is -2.24. The van der Waals surface area contributed by atoms with Gasteiger partial charge in [0.05, 0.1) is 4.92 Å². The number of carbonyl (C=O) groups excluding carboxylic acids is 2. The Balaban J connectivity index is 1.77. The zero-order valence-corrected chi connectivity index (χ0v) is 14.6. The van der Waals surface area contributed by atoms with Crippen LogP contribution in [0.3, 0.4) is 0 Å². The topological polar surface area (TPSA) is 92.5 Å². The van der Waals surface area contributed by atoms with Gasteiger partial charge in [-0.15, -0.1) is 0 Å². The summed E-state index contributed by atoms with van der Waals surface area (Å²) in [6.45, 7) is 4.21. The van der Waals surface area contributed by atoms with E-state index in [4.69, 9.17) is 0 Å². The van der Waals surface area contributed by atoms with Crippen molar-refractivity contribution in [2.45, 2.75) is 26.7 Å². The number of benzene rings is 2. The third-order valence-corrected chi connectivity index (χ3v) is 4.47. The fourth-order valence-electron chi connectivity index (χ4n) is 3.14. The molecule has 1 aliphatic rings. The first-order valence-corrected chi connectivity index (χ1v) is 8.34. The molecule has 26 heavy (non-hydrogen) atoms. The summed E-state index contributed by atoms with van der Waals surface area (Å²) in [5, 5.41) is 13.7. The van der Waals surface area contributed by atoms with Gasteiger partial charge in [-0.3, -0.25) is 19.7 Å². The largest absolute Gasteiger partial charge is 0.322 e. The molecule has 0 saturated carbocycles. The van der Waals surface area contributed by atoms with E-state index in [9.17, 15) is 19.7 Å². The Morgan fingerprint density at radius 1 is 1.15 bits per heavy atom. The molecule has 2 aromatic carbocycles. The molecule has 1 heterocycles. The van der Waals surface area contributed by atoms with Crippen molar-refractivity contribution < 1.29 is 14.5 Å². The first-order valence-electron chi connectivity index (χ1n) is 8.34. The van der Waals surface area contributed by atoms with Gasteiger partial charge in [-0.25, -0.2) is 0 Å². The van der Waals surface area contributed by atoms with E-state index in [1.54, 1.807) is 17.9 Å². The van der Waals surface area contributed by atoms with E-state index < -0.39 is 4.92 Å². The van der Waals surface area contributed by atoms with Gasteiger partial charge in [-0.2, -0.15) is 0 Å². The second-order valence-electron chi connectivity index (χ2n) is 6.36. The van der Waals surface area contributed by atoms with E-state index in [0.717, 1.165) is 17.7 Å². The summed E-state index contributed by atoms with van der Waals surface area (Å²) in [4.78, 5) is 36.5. The van der Waals surface area contributed by atoms with E-state index in [1.807, 2.05) is 19.1 Å². The summed E-state index contributed by atoms with van der Waals surface area (Å²) in [6, 6.07) is 9.66. The van der Waals surface area contributed by atoms with Crippen LogP contribution in [0.2, 0.25) is 0 Å². The van der Waals surface area contributed by atoms with Crippen LogP contribution >= 0.6 is 0 Å². The van der Waals surface area contributed by atoms with Gasteiger partial charge in [0.1, 0.15) is 0 Å². The van der Waals surface area contributed by atoms with Gasteiger partial charge in [0.25, 0.3) is 11.6 Å². The number of aryl methyl sites for hydroxylation is 2. The Kier molecular flexibility index (Phi) is 4.71. The number of nitro benzene ring substituents is 1. The average molecular weight is 353 g/mol. The predicted molar refractivity (Wildman–Crippen MR) is 98.6 cm³/mol. The van der Waals surface area contributed by atoms with E-state index in [2.05, 4.69) is 5.32 Å². The van der Waals surface area contributed by atoms with E-state index in [-0.39, 0.29) is 17.5 Å². The van der Waals surface area contributed by atoms with E-state index in [0.29, 0.717) is 29.8 Å². The number of nitrogens with zero attached hydrogens (tertiary/aromatic N) is 2. The maximum Gasteiger partial charge on any atom is 0.272 e. The Labute approximate surface area is 150 Å². The number of hydrogen-bond acceptors (Lipinski definition) is 4. The molecule has 134 valence electrons. The second kappa shape index (κ2) is 6.95.